The van der Waals surface area contributed by atoms with Gasteiger partial charge < -0.3 is 0 Å². The summed E-state index contributed by atoms with van der Waals surface area (Å²) in [5, 5.41) is 14.0. The van der Waals surface area contributed by atoms with Crippen LogP contribution in [0.4, 0.5) is 0 Å². The Morgan fingerprint density at radius 2 is 0.818 bits per heavy atom. The highest BCUT2D eigenvalue weighted by Gasteiger charge is 2.21. The monoisotopic (exact) mass is 716 g/mol. The molecule has 11 rings (SSSR count). The van der Waals surface area contributed by atoms with Crippen LogP contribution in [-0.4, -0.2) is 0 Å². The van der Waals surface area contributed by atoms with Gasteiger partial charge in [-0.2, -0.15) is 0 Å². The largest absolute Gasteiger partial charge is 0.135 e. The van der Waals surface area contributed by atoms with Crippen LogP contribution in [0, 0.1) is 13.8 Å². The van der Waals surface area contributed by atoms with Gasteiger partial charge in [-0.1, -0.05) is 169 Å². The minimum absolute atomic E-state index is 1.24. The molecular formula is C54H36S. The smallest absolute Gasteiger partial charge is 0.0433 e. The molecule has 0 N–H and O–H groups in total. The predicted molar refractivity (Wildman–Crippen MR) is 241 cm³/mol. The molecule has 11 aromatic rings. The third kappa shape index (κ3) is 5.12. The first-order chi connectivity index (χ1) is 27.1. The van der Waals surface area contributed by atoms with E-state index in [2.05, 4.69) is 196 Å². The Hall–Kier alpha value is -6.54. The van der Waals surface area contributed by atoms with Gasteiger partial charge in [0.2, 0.25) is 0 Å². The second-order valence-electron chi connectivity index (χ2n) is 15.0. The van der Waals surface area contributed by atoms with Crippen LogP contribution in [0.5, 0.6) is 0 Å². The van der Waals surface area contributed by atoms with Crippen LogP contribution in [-0.2, 0) is 0 Å². The van der Waals surface area contributed by atoms with Crippen molar-refractivity contribution in [3.05, 3.63) is 193 Å². The van der Waals surface area contributed by atoms with E-state index < -0.39 is 0 Å². The van der Waals surface area contributed by atoms with E-state index in [0.717, 1.165) is 0 Å². The lowest BCUT2D eigenvalue weighted by Crippen LogP contribution is -1.92. The lowest BCUT2D eigenvalue weighted by atomic mass is 9.83. The fraction of sp³-hybridized carbons (Fsp3) is 0.0370. The zero-order valence-electron chi connectivity index (χ0n) is 30.7. The van der Waals surface area contributed by atoms with Gasteiger partial charge in [0.05, 0.1) is 0 Å². The predicted octanol–water partition coefficient (Wildman–Crippen LogP) is 16.0. The van der Waals surface area contributed by atoms with E-state index in [4.69, 9.17) is 0 Å². The maximum absolute atomic E-state index is 2.44. The molecule has 0 nitrogen and oxygen atoms in total. The number of benzene rings is 10. The topological polar surface area (TPSA) is 0 Å². The molecule has 0 bridgehead atoms. The lowest BCUT2D eigenvalue weighted by molar-refractivity contribution is 1.47. The molecule has 0 unspecified atom stereocenters. The zero-order chi connectivity index (χ0) is 36.6. The van der Waals surface area contributed by atoms with Crippen molar-refractivity contribution in [1.29, 1.82) is 0 Å². The second-order valence-corrected chi connectivity index (χ2v) is 16.0. The molecule has 0 atom stereocenters. The van der Waals surface area contributed by atoms with E-state index in [-0.39, 0.29) is 0 Å². The molecule has 10 aromatic carbocycles. The van der Waals surface area contributed by atoms with Gasteiger partial charge in [0, 0.05) is 20.5 Å². The van der Waals surface area contributed by atoms with Crippen molar-refractivity contribution in [2.75, 3.05) is 0 Å². The summed E-state index contributed by atoms with van der Waals surface area (Å²) in [6.07, 6.45) is 0. The maximum Gasteiger partial charge on any atom is 0.0433 e. The van der Waals surface area contributed by atoms with Crippen molar-refractivity contribution in [1.82, 2.24) is 0 Å². The van der Waals surface area contributed by atoms with Crippen molar-refractivity contribution in [3.63, 3.8) is 0 Å². The van der Waals surface area contributed by atoms with E-state index in [0.29, 0.717) is 0 Å². The van der Waals surface area contributed by atoms with E-state index in [1.54, 1.807) is 0 Å². The van der Waals surface area contributed by atoms with Gasteiger partial charge in [0.1, 0.15) is 0 Å². The standard InChI is InChI=1S/C54H36S/c1-33-19-23-35(24-20-33)52-47-28-27-39(32-50(47)55-54(52)36-25-21-34(2)22-26-36)51-43-15-7-9-17-45(43)53(46-18-10-8-16-44(46)51)49-31-40-29-37-11-3-4-12-38(37)30-48(40)41-13-5-6-14-42(41)49/h3-32H,1-2H3. The van der Waals surface area contributed by atoms with Crippen LogP contribution < -0.4 is 0 Å². The number of thiophene rings is 1. The number of fused-ring (bicyclic) bond motifs is 7. The quantitative estimate of drug-likeness (QED) is 0.126. The Morgan fingerprint density at radius 3 is 1.45 bits per heavy atom. The Morgan fingerprint density at radius 1 is 0.309 bits per heavy atom. The summed E-state index contributed by atoms with van der Waals surface area (Å²) in [6, 6.07) is 68.1. The fourth-order valence-electron chi connectivity index (χ4n) is 8.90. The van der Waals surface area contributed by atoms with Crippen LogP contribution in [0.1, 0.15) is 11.1 Å². The molecule has 0 amide bonds. The maximum atomic E-state index is 2.44. The number of hydrogen-bond acceptors (Lipinski definition) is 1. The van der Waals surface area contributed by atoms with Crippen LogP contribution in [0.15, 0.2) is 182 Å². The molecule has 0 aliphatic carbocycles. The van der Waals surface area contributed by atoms with Crippen molar-refractivity contribution >= 4 is 75.3 Å². The molecule has 1 heteroatoms. The van der Waals surface area contributed by atoms with Gasteiger partial charge in [-0.05, 0) is 125 Å². The Balaban J connectivity index is 1.19. The average molecular weight is 717 g/mol. The van der Waals surface area contributed by atoms with Crippen molar-refractivity contribution in [2.24, 2.45) is 0 Å². The van der Waals surface area contributed by atoms with Crippen molar-refractivity contribution in [2.45, 2.75) is 13.8 Å². The third-order valence-corrected chi connectivity index (χ3v) is 12.8. The highest BCUT2D eigenvalue weighted by atomic mass is 32.1. The van der Waals surface area contributed by atoms with Crippen molar-refractivity contribution < 1.29 is 0 Å². The Bertz CT molecular complexity index is 3250. The molecule has 0 fully saturated rings. The molecule has 0 saturated carbocycles. The van der Waals surface area contributed by atoms with Crippen LogP contribution >= 0.6 is 11.3 Å². The number of rotatable bonds is 4. The highest BCUT2D eigenvalue weighted by molar-refractivity contribution is 7.23. The van der Waals surface area contributed by atoms with Gasteiger partial charge in [-0.25, -0.2) is 0 Å². The normalized spacial score (nSPS) is 11.8. The first kappa shape index (κ1) is 31.9. The molecule has 0 spiro atoms. The molecule has 1 aromatic heterocycles. The summed E-state index contributed by atoms with van der Waals surface area (Å²) >= 11 is 1.90. The van der Waals surface area contributed by atoms with Crippen LogP contribution in [0.2, 0.25) is 0 Å². The minimum atomic E-state index is 1.24. The van der Waals surface area contributed by atoms with Gasteiger partial charge in [0.15, 0.2) is 0 Å². The average Bonchev–Trinajstić information content (AvgIpc) is 3.61. The summed E-state index contributed by atoms with van der Waals surface area (Å²) in [5.74, 6) is 0. The third-order valence-electron chi connectivity index (χ3n) is 11.6. The zero-order valence-corrected chi connectivity index (χ0v) is 31.5. The van der Waals surface area contributed by atoms with E-state index >= 15 is 0 Å². The fourth-order valence-corrected chi connectivity index (χ4v) is 10.2. The van der Waals surface area contributed by atoms with E-state index in [9.17, 15) is 0 Å². The molecular weight excluding hydrogens is 681 g/mol. The summed E-state index contributed by atoms with van der Waals surface area (Å²) in [4.78, 5) is 1.32. The van der Waals surface area contributed by atoms with Gasteiger partial charge >= 0.3 is 0 Å². The number of aryl methyl sites for hydroxylation is 2. The molecule has 1 heterocycles. The molecule has 0 aliphatic rings. The van der Waals surface area contributed by atoms with Crippen LogP contribution in [0.3, 0.4) is 0 Å². The first-order valence-corrected chi connectivity index (χ1v) is 19.9. The molecule has 258 valence electrons. The molecule has 55 heavy (non-hydrogen) atoms. The summed E-state index contributed by atoms with van der Waals surface area (Å²) in [7, 11) is 0. The van der Waals surface area contributed by atoms with Gasteiger partial charge in [0.25, 0.3) is 0 Å². The second kappa shape index (κ2) is 12.5. The van der Waals surface area contributed by atoms with Crippen molar-refractivity contribution in [3.8, 4) is 43.8 Å². The SMILES string of the molecule is Cc1ccc(-c2sc3cc(-c4c5ccccc5c(-c5cc6cc7ccccc7cc6c6ccccc56)c5ccccc45)ccc3c2-c2ccc(C)cc2)cc1. The number of hydrogen-bond donors (Lipinski definition) is 0. The summed E-state index contributed by atoms with van der Waals surface area (Å²) in [5.41, 5.74) is 11.5. The minimum Gasteiger partial charge on any atom is -0.135 e. The Kier molecular flexibility index (Phi) is 7.27. The summed E-state index contributed by atoms with van der Waals surface area (Å²) in [6.45, 7) is 4.32. The summed E-state index contributed by atoms with van der Waals surface area (Å²) < 4.78 is 1.30. The molecule has 0 aliphatic heterocycles. The molecule has 0 radical (unpaired) electrons. The first-order valence-electron chi connectivity index (χ1n) is 19.1. The van der Waals surface area contributed by atoms with Gasteiger partial charge in [-0.3, -0.25) is 0 Å². The van der Waals surface area contributed by atoms with Crippen LogP contribution in [0.25, 0.3) is 108 Å². The van der Waals surface area contributed by atoms with E-state index in [1.165, 1.54) is 119 Å². The Labute approximate surface area is 324 Å². The molecule has 0 saturated heterocycles. The lowest BCUT2D eigenvalue weighted by Gasteiger charge is -2.20. The highest BCUT2D eigenvalue weighted by Crippen LogP contribution is 2.50. The van der Waals surface area contributed by atoms with E-state index in [1.807, 2.05) is 11.3 Å². The van der Waals surface area contributed by atoms with Gasteiger partial charge in [-0.15, -0.1) is 11.3 Å².